The van der Waals surface area contributed by atoms with Gasteiger partial charge in [-0.05, 0) is 62.4 Å². The molecule has 0 bridgehead atoms. The van der Waals surface area contributed by atoms with E-state index in [-0.39, 0.29) is 5.82 Å². The summed E-state index contributed by atoms with van der Waals surface area (Å²) in [6.07, 6.45) is 3.25. The fourth-order valence-electron chi connectivity index (χ4n) is 2.58. The average Bonchev–Trinajstić information content (AvgIpc) is 2.30. The van der Waals surface area contributed by atoms with Crippen LogP contribution in [0.3, 0.4) is 0 Å². The summed E-state index contributed by atoms with van der Waals surface area (Å²) >= 11 is 0. The zero-order valence-electron chi connectivity index (χ0n) is 10.6. The standard InChI is InChI=1S/C14H20FNO/c1-10-7-12(14(17-2)13(15)8-10)9-11-3-5-16-6-4-11/h7-8,11,16H,3-6,9H2,1-2H3. The third-order valence-corrected chi connectivity index (χ3v) is 3.44. The number of halogens is 1. The second-order valence-corrected chi connectivity index (χ2v) is 4.84. The van der Waals surface area contributed by atoms with Gasteiger partial charge in [-0.2, -0.15) is 0 Å². The molecule has 1 N–H and O–H groups in total. The molecule has 0 spiro atoms. The van der Waals surface area contributed by atoms with Crippen molar-refractivity contribution in [1.82, 2.24) is 5.32 Å². The van der Waals surface area contributed by atoms with Crippen molar-refractivity contribution < 1.29 is 9.13 Å². The third-order valence-electron chi connectivity index (χ3n) is 3.44. The summed E-state index contributed by atoms with van der Waals surface area (Å²) in [6, 6.07) is 3.58. The van der Waals surface area contributed by atoms with E-state index in [2.05, 4.69) is 5.32 Å². The van der Waals surface area contributed by atoms with Gasteiger partial charge in [0.15, 0.2) is 11.6 Å². The largest absolute Gasteiger partial charge is 0.493 e. The number of nitrogens with one attached hydrogen (secondary N) is 1. The summed E-state index contributed by atoms with van der Waals surface area (Å²) in [5.74, 6) is 0.830. The first-order chi connectivity index (χ1) is 8.20. The first-order valence-corrected chi connectivity index (χ1v) is 6.24. The smallest absolute Gasteiger partial charge is 0.165 e. The molecule has 1 aromatic rings. The summed E-state index contributed by atoms with van der Waals surface area (Å²) in [6.45, 7) is 4.07. The van der Waals surface area contributed by atoms with Crippen molar-refractivity contribution in [3.63, 3.8) is 0 Å². The van der Waals surface area contributed by atoms with Gasteiger partial charge >= 0.3 is 0 Å². The summed E-state index contributed by atoms with van der Waals surface area (Å²) in [7, 11) is 1.54. The van der Waals surface area contributed by atoms with Crippen LogP contribution in [-0.4, -0.2) is 20.2 Å². The van der Waals surface area contributed by atoms with Gasteiger partial charge in [0.1, 0.15) is 0 Å². The minimum atomic E-state index is -0.239. The fourth-order valence-corrected chi connectivity index (χ4v) is 2.58. The van der Waals surface area contributed by atoms with Crippen LogP contribution in [0.2, 0.25) is 0 Å². The highest BCUT2D eigenvalue weighted by atomic mass is 19.1. The van der Waals surface area contributed by atoms with Crippen LogP contribution in [0.5, 0.6) is 5.75 Å². The van der Waals surface area contributed by atoms with Gasteiger partial charge in [0, 0.05) is 0 Å². The molecule has 2 nitrogen and oxygen atoms in total. The van der Waals surface area contributed by atoms with Crippen LogP contribution in [0.4, 0.5) is 4.39 Å². The second kappa shape index (κ2) is 5.50. The Labute approximate surface area is 102 Å². The molecule has 94 valence electrons. The molecule has 1 saturated heterocycles. The Morgan fingerprint density at radius 2 is 2.06 bits per heavy atom. The second-order valence-electron chi connectivity index (χ2n) is 4.84. The number of benzene rings is 1. The van der Waals surface area contributed by atoms with Crippen molar-refractivity contribution in [3.8, 4) is 5.75 Å². The lowest BCUT2D eigenvalue weighted by molar-refractivity contribution is 0.352. The minimum Gasteiger partial charge on any atom is -0.493 e. The summed E-state index contributed by atoms with van der Waals surface area (Å²) in [5.41, 5.74) is 1.98. The number of hydrogen-bond donors (Lipinski definition) is 1. The van der Waals surface area contributed by atoms with Gasteiger partial charge in [0.05, 0.1) is 7.11 Å². The normalized spacial score (nSPS) is 17.1. The molecule has 1 aromatic carbocycles. The first kappa shape index (κ1) is 12.4. The molecule has 0 radical (unpaired) electrons. The van der Waals surface area contributed by atoms with Crippen LogP contribution in [0.1, 0.15) is 24.0 Å². The van der Waals surface area contributed by atoms with Gasteiger partial charge in [-0.3, -0.25) is 0 Å². The van der Waals surface area contributed by atoms with E-state index in [1.54, 1.807) is 7.11 Å². The fraction of sp³-hybridized carbons (Fsp3) is 0.571. The topological polar surface area (TPSA) is 21.3 Å². The summed E-state index contributed by atoms with van der Waals surface area (Å²) < 4.78 is 18.9. The molecule has 0 saturated carbocycles. The van der Waals surface area contributed by atoms with Gasteiger partial charge < -0.3 is 10.1 Å². The maximum absolute atomic E-state index is 13.7. The summed E-state index contributed by atoms with van der Waals surface area (Å²) in [5, 5.41) is 3.35. The van der Waals surface area contributed by atoms with Crippen LogP contribution in [-0.2, 0) is 6.42 Å². The van der Waals surface area contributed by atoms with Crippen molar-refractivity contribution in [1.29, 1.82) is 0 Å². The maximum Gasteiger partial charge on any atom is 0.165 e. The minimum absolute atomic E-state index is 0.239. The van der Waals surface area contributed by atoms with Gasteiger partial charge in [-0.15, -0.1) is 0 Å². The molecule has 0 aromatic heterocycles. The Hall–Kier alpha value is -1.09. The molecule has 0 unspecified atom stereocenters. The quantitative estimate of drug-likeness (QED) is 0.872. The lowest BCUT2D eigenvalue weighted by Gasteiger charge is -2.23. The molecule has 1 heterocycles. The molecule has 2 rings (SSSR count). The van der Waals surface area contributed by atoms with E-state index in [0.717, 1.165) is 30.6 Å². The van der Waals surface area contributed by atoms with E-state index in [9.17, 15) is 4.39 Å². The monoisotopic (exact) mass is 237 g/mol. The van der Waals surface area contributed by atoms with E-state index in [1.807, 2.05) is 13.0 Å². The zero-order valence-corrected chi connectivity index (χ0v) is 10.6. The lowest BCUT2D eigenvalue weighted by Crippen LogP contribution is -2.28. The molecule has 1 aliphatic heterocycles. The lowest BCUT2D eigenvalue weighted by atomic mass is 9.90. The number of hydrogen-bond acceptors (Lipinski definition) is 2. The van der Waals surface area contributed by atoms with Crippen molar-refractivity contribution >= 4 is 0 Å². The van der Waals surface area contributed by atoms with Crippen LogP contribution < -0.4 is 10.1 Å². The first-order valence-electron chi connectivity index (χ1n) is 6.24. The molecule has 3 heteroatoms. The van der Waals surface area contributed by atoms with Crippen LogP contribution >= 0.6 is 0 Å². The highest BCUT2D eigenvalue weighted by Gasteiger charge is 2.17. The predicted octanol–water partition coefficient (Wildman–Crippen LogP) is 2.68. The maximum atomic E-state index is 13.7. The molecular weight excluding hydrogens is 217 g/mol. The Morgan fingerprint density at radius 3 is 2.71 bits per heavy atom. The molecular formula is C14H20FNO. The highest BCUT2D eigenvalue weighted by molar-refractivity contribution is 5.38. The Balaban J connectivity index is 2.18. The van der Waals surface area contributed by atoms with Gasteiger partial charge in [-0.25, -0.2) is 4.39 Å². The zero-order chi connectivity index (χ0) is 12.3. The molecule has 0 aliphatic carbocycles. The van der Waals surface area contributed by atoms with E-state index < -0.39 is 0 Å². The molecule has 1 aliphatic rings. The van der Waals surface area contributed by atoms with Crippen LogP contribution in [0.15, 0.2) is 12.1 Å². The highest BCUT2D eigenvalue weighted by Crippen LogP contribution is 2.28. The number of methoxy groups -OCH3 is 1. The van der Waals surface area contributed by atoms with Crippen molar-refractivity contribution in [2.75, 3.05) is 20.2 Å². The van der Waals surface area contributed by atoms with Crippen LogP contribution in [0.25, 0.3) is 0 Å². The van der Waals surface area contributed by atoms with Crippen molar-refractivity contribution in [3.05, 3.63) is 29.1 Å². The average molecular weight is 237 g/mol. The Bertz CT molecular complexity index is 386. The Kier molecular flexibility index (Phi) is 4.00. The number of aryl methyl sites for hydroxylation is 1. The number of ether oxygens (including phenoxy) is 1. The van der Waals surface area contributed by atoms with Crippen molar-refractivity contribution in [2.45, 2.75) is 26.2 Å². The number of rotatable bonds is 3. The third kappa shape index (κ3) is 2.97. The van der Waals surface area contributed by atoms with E-state index in [4.69, 9.17) is 4.74 Å². The molecule has 0 amide bonds. The predicted molar refractivity (Wildman–Crippen MR) is 67.0 cm³/mol. The number of piperidine rings is 1. The van der Waals surface area contributed by atoms with Crippen molar-refractivity contribution in [2.24, 2.45) is 5.92 Å². The SMILES string of the molecule is COc1c(F)cc(C)cc1CC1CCNCC1. The van der Waals surface area contributed by atoms with E-state index in [0.29, 0.717) is 11.7 Å². The van der Waals surface area contributed by atoms with Gasteiger partial charge in [0.25, 0.3) is 0 Å². The van der Waals surface area contributed by atoms with E-state index in [1.165, 1.54) is 18.9 Å². The molecule has 17 heavy (non-hydrogen) atoms. The van der Waals surface area contributed by atoms with Gasteiger partial charge in [0.2, 0.25) is 0 Å². The Morgan fingerprint density at radius 1 is 1.35 bits per heavy atom. The van der Waals surface area contributed by atoms with E-state index >= 15 is 0 Å². The van der Waals surface area contributed by atoms with Gasteiger partial charge in [-0.1, -0.05) is 6.07 Å². The molecule has 0 atom stereocenters. The van der Waals surface area contributed by atoms with Crippen LogP contribution in [0, 0.1) is 18.7 Å². The summed E-state index contributed by atoms with van der Waals surface area (Å²) in [4.78, 5) is 0. The molecule has 1 fully saturated rings.